The Morgan fingerprint density at radius 1 is 1.33 bits per heavy atom. The van der Waals surface area contributed by atoms with Gasteiger partial charge in [0.2, 0.25) is 0 Å². The second-order valence-corrected chi connectivity index (χ2v) is 5.37. The van der Waals surface area contributed by atoms with Gasteiger partial charge >= 0.3 is 0 Å². The number of hydrogen-bond acceptors (Lipinski definition) is 4. The van der Waals surface area contributed by atoms with Gasteiger partial charge in [-0.2, -0.15) is 0 Å². The topological polar surface area (TPSA) is 50.8 Å². The molecular weight excluding hydrogens is 268 g/mol. The first-order valence-electron chi connectivity index (χ1n) is 7.35. The number of morpholine rings is 1. The minimum atomic E-state index is -0.0717. The quantitative estimate of drug-likeness (QED) is 0.890. The van der Waals surface area contributed by atoms with Gasteiger partial charge < -0.3 is 14.8 Å². The normalized spacial score (nSPS) is 15.8. The predicted molar refractivity (Wildman–Crippen MR) is 82.1 cm³/mol. The Morgan fingerprint density at radius 2 is 2.05 bits per heavy atom. The van der Waals surface area contributed by atoms with Crippen LogP contribution in [-0.4, -0.2) is 57.3 Å². The van der Waals surface area contributed by atoms with Crippen molar-refractivity contribution in [1.29, 1.82) is 0 Å². The molecule has 1 aromatic rings. The van der Waals surface area contributed by atoms with E-state index in [-0.39, 0.29) is 5.91 Å². The zero-order valence-corrected chi connectivity index (χ0v) is 13.1. The Hall–Kier alpha value is -1.59. The molecule has 116 valence electrons. The monoisotopic (exact) mass is 292 g/mol. The SMILES string of the molecule is COc1cc(C)cc(C)c1C(=O)NCCN1CCOCC1. The second kappa shape index (κ2) is 7.43. The summed E-state index contributed by atoms with van der Waals surface area (Å²) in [5.41, 5.74) is 2.66. The first kappa shape index (κ1) is 15.8. The third-order valence-electron chi connectivity index (χ3n) is 3.71. The highest BCUT2D eigenvalue weighted by atomic mass is 16.5. The van der Waals surface area contributed by atoms with Crippen molar-refractivity contribution in [1.82, 2.24) is 10.2 Å². The van der Waals surface area contributed by atoms with Gasteiger partial charge in [0.1, 0.15) is 5.75 Å². The number of aryl methyl sites for hydroxylation is 2. The number of hydrogen-bond donors (Lipinski definition) is 1. The average Bonchev–Trinajstić information content (AvgIpc) is 2.47. The molecule has 0 radical (unpaired) electrons. The molecule has 0 bridgehead atoms. The summed E-state index contributed by atoms with van der Waals surface area (Å²) in [5, 5.41) is 2.98. The molecule has 1 amide bonds. The number of benzene rings is 1. The number of rotatable bonds is 5. The third-order valence-corrected chi connectivity index (χ3v) is 3.71. The molecule has 1 aliphatic heterocycles. The van der Waals surface area contributed by atoms with Crippen LogP contribution in [0, 0.1) is 13.8 Å². The van der Waals surface area contributed by atoms with Gasteiger partial charge in [0.15, 0.2) is 0 Å². The van der Waals surface area contributed by atoms with Crippen LogP contribution in [0.4, 0.5) is 0 Å². The number of ether oxygens (including phenoxy) is 2. The van der Waals surface area contributed by atoms with Crippen LogP contribution in [0.5, 0.6) is 5.75 Å². The Kier molecular flexibility index (Phi) is 5.59. The number of methoxy groups -OCH3 is 1. The first-order chi connectivity index (χ1) is 10.1. The molecule has 1 aliphatic rings. The van der Waals surface area contributed by atoms with Crippen LogP contribution >= 0.6 is 0 Å². The summed E-state index contributed by atoms with van der Waals surface area (Å²) in [6.45, 7) is 8.84. The van der Waals surface area contributed by atoms with Crippen molar-refractivity contribution in [2.24, 2.45) is 0 Å². The Balaban J connectivity index is 1.93. The molecule has 1 heterocycles. The van der Waals surface area contributed by atoms with Gasteiger partial charge in [0.25, 0.3) is 5.91 Å². The zero-order chi connectivity index (χ0) is 15.2. The Bertz CT molecular complexity index is 497. The molecule has 0 unspecified atom stereocenters. The van der Waals surface area contributed by atoms with Gasteiger partial charge in [-0.15, -0.1) is 0 Å². The van der Waals surface area contributed by atoms with Crippen molar-refractivity contribution in [3.8, 4) is 5.75 Å². The van der Waals surface area contributed by atoms with E-state index in [1.54, 1.807) is 7.11 Å². The van der Waals surface area contributed by atoms with E-state index < -0.39 is 0 Å². The zero-order valence-electron chi connectivity index (χ0n) is 13.1. The lowest BCUT2D eigenvalue weighted by Gasteiger charge is -2.26. The summed E-state index contributed by atoms with van der Waals surface area (Å²) in [4.78, 5) is 14.7. The molecule has 5 heteroatoms. The Morgan fingerprint density at radius 3 is 2.71 bits per heavy atom. The fraction of sp³-hybridized carbons (Fsp3) is 0.562. The molecular formula is C16H24N2O3. The number of nitrogens with zero attached hydrogens (tertiary/aromatic N) is 1. The number of carbonyl (C=O) groups is 1. The Labute approximate surface area is 126 Å². The maximum atomic E-state index is 12.4. The highest BCUT2D eigenvalue weighted by molar-refractivity contribution is 5.98. The maximum Gasteiger partial charge on any atom is 0.255 e. The summed E-state index contributed by atoms with van der Waals surface area (Å²) >= 11 is 0. The van der Waals surface area contributed by atoms with Crippen LogP contribution in [0.25, 0.3) is 0 Å². The van der Waals surface area contributed by atoms with E-state index in [2.05, 4.69) is 10.2 Å². The largest absolute Gasteiger partial charge is 0.496 e. The third kappa shape index (κ3) is 4.19. The van der Waals surface area contributed by atoms with Crippen molar-refractivity contribution in [2.45, 2.75) is 13.8 Å². The summed E-state index contributed by atoms with van der Waals surface area (Å²) in [5.74, 6) is 0.564. The van der Waals surface area contributed by atoms with Crippen molar-refractivity contribution >= 4 is 5.91 Å². The van der Waals surface area contributed by atoms with Crippen LogP contribution in [0.1, 0.15) is 21.5 Å². The highest BCUT2D eigenvalue weighted by Crippen LogP contribution is 2.23. The molecule has 1 aromatic carbocycles. The van der Waals surface area contributed by atoms with E-state index in [1.165, 1.54) is 0 Å². The molecule has 5 nitrogen and oxygen atoms in total. The molecule has 0 aromatic heterocycles. The average molecular weight is 292 g/mol. The van der Waals surface area contributed by atoms with Gasteiger partial charge in [-0.05, 0) is 31.0 Å². The van der Waals surface area contributed by atoms with Gasteiger partial charge in [0.05, 0.1) is 25.9 Å². The van der Waals surface area contributed by atoms with E-state index in [0.29, 0.717) is 17.9 Å². The van der Waals surface area contributed by atoms with E-state index in [0.717, 1.165) is 44.0 Å². The van der Waals surface area contributed by atoms with Crippen LogP contribution < -0.4 is 10.1 Å². The summed E-state index contributed by atoms with van der Waals surface area (Å²) < 4.78 is 10.6. The van der Waals surface area contributed by atoms with Crippen LogP contribution in [0.2, 0.25) is 0 Å². The predicted octanol–water partition coefficient (Wildman–Crippen LogP) is 1.37. The lowest BCUT2D eigenvalue weighted by Crippen LogP contribution is -2.41. The number of nitrogens with one attached hydrogen (secondary N) is 1. The minimum absolute atomic E-state index is 0.0717. The number of carbonyl (C=O) groups excluding carboxylic acids is 1. The lowest BCUT2D eigenvalue weighted by atomic mass is 10.0. The standard InChI is InChI=1S/C16H24N2O3/c1-12-10-13(2)15(14(11-12)20-3)16(19)17-4-5-18-6-8-21-9-7-18/h10-11H,4-9H2,1-3H3,(H,17,19). The molecule has 1 N–H and O–H groups in total. The van der Waals surface area contributed by atoms with Gasteiger partial charge in [-0.3, -0.25) is 9.69 Å². The van der Waals surface area contributed by atoms with Crippen molar-refractivity contribution in [3.05, 3.63) is 28.8 Å². The molecule has 0 atom stereocenters. The lowest BCUT2D eigenvalue weighted by molar-refractivity contribution is 0.0383. The molecule has 21 heavy (non-hydrogen) atoms. The van der Waals surface area contributed by atoms with E-state index in [4.69, 9.17) is 9.47 Å². The van der Waals surface area contributed by atoms with E-state index >= 15 is 0 Å². The summed E-state index contributed by atoms with van der Waals surface area (Å²) in [7, 11) is 1.60. The molecule has 0 aliphatic carbocycles. The smallest absolute Gasteiger partial charge is 0.255 e. The molecule has 0 spiro atoms. The van der Waals surface area contributed by atoms with Crippen molar-refractivity contribution in [2.75, 3.05) is 46.5 Å². The van der Waals surface area contributed by atoms with Gasteiger partial charge in [-0.25, -0.2) is 0 Å². The van der Waals surface area contributed by atoms with E-state index in [9.17, 15) is 4.79 Å². The fourth-order valence-corrected chi connectivity index (χ4v) is 2.62. The van der Waals surface area contributed by atoms with Crippen LogP contribution in [-0.2, 0) is 4.74 Å². The van der Waals surface area contributed by atoms with Crippen molar-refractivity contribution in [3.63, 3.8) is 0 Å². The van der Waals surface area contributed by atoms with Crippen molar-refractivity contribution < 1.29 is 14.3 Å². The molecule has 1 fully saturated rings. The van der Waals surface area contributed by atoms with Gasteiger partial charge in [-0.1, -0.05) is 6.07 Å². The maximum absolute atomic E-state index is 12.4. The fourth-order valence-electron chi connectivity index (χ4n) is 2.62. The second-order valence-electron chi connectivity index (χ2n) is 5.37. The highest BCUT2D eigenvalue weighted by Gasteiger charge is 2.16. The first-order valence-corrected chi connectivity index (χ1v) is 7.35. The van der Waals surface area contributed by atoms with Crippen LogP contribution in [0.15, 0.2) is 12.1 Å². The van der Waals surface area contributed by atoms with Gasteiger partial charge in [0, 0.05) is 26.2 Å². The minimum Gasteiger partial charge on any atom is -0.496 e. The molecule has 2 rings (SSSR count). The molecule has 1 saturated heterocycles. The summed E-state index contributed by atoms with van der Waals surface area (Å²) in [6, 6.07) is 3.89. The van der Waals surface area contributed by atoms with E-state index in [1.807, 2.05) is 26.0 Å². The summed E-state index contributed by atoms with van der Waals surface area (Å²) in [6.07, 6.45) is 0. The number of amides is 1. The molecule has 0 saturated carbocycles. The van der Waals surface area contributed by atoms with Crippen LogP contribution in [0.3, 0.4) is 0 Å².